The average molecular weight is 262 g/mol. The highest BCUT2D eigenvalue weighted by Gasteiger charge is 2.43. The molecule has 3 nitrogen and oxygen atoms in total. The predicted molar refractivity (Wildman–Crippen MR) is 79.6 cm³/mol. The fraction of sp³-hybridized carbons (Fsp3) is 0.625. The summed E-state index contributed by atoms with van der Waals surface area (Å²) in [5.41, 5.74) is 10.4. The largest absolute Gasteiger partial charge is 0.496 e. The van der Waals surface area contributed by atoms with Crippen LogP contribution in [0.2, 0.25) is 0 Å². The van der Waals surface area contributed by atoms with Crippen LogP contribution < -0.4 is 15.8 Å². The van der Waals surface area contributed by atoms with Gasteiger partial charge in [-0.25, -0.2) is 0 Å². The summed E-state index contributed by atoms with van der Waals surface area (Å²) in [5, 5.41) is 3.31. The highest BCUT2D eigenvalue weighted by molar-refractivity contribution is 5.46. The summed E-state index contributed by atoms with van der Waals surface area (Å²) in [7, 11) is 3.74. The highest BCUT2D eigenvalue weighted by atomic mass is 16.5. The lowest BCUT2D eigenvalue weighted by Crippen LogP contribution is -2.47. The van der Waals surface area contributed by atoms with Crippen LogP contribution in [0.5, 0.6) is 5.75 Å². The van der Waals surface area contributed by atoms with Crippen LogP contribution in [-0.4, -0.2) is 20.7 Å². The minimum absolute atomic E-state index is 0.0437. The number of hydrogen-bond donors (Lipinski definition) is 2. The van der Waals surface area contributed by atoms with E-state index in [4.69, 9.17) is 10.5 Å². The molecule has 1 fully saturated rings. The van der Waals surface area contributed by atoms with E-state index in [2.05, 4.69) is 31.3 Å². The van der Waals surface area contributed by atoms with E-state index < -0.39 is 0 Å². The Morgan fingerprint density at radius 2 is 2.05 bits per heavy atom. The van der Waals surface area contributed by atoms with Crippen LogP contribution in [0.25, 0.3) is 0 Å². The fourth-order valence-corrected chi connectivity index (χ4v) is 3.41. The topological polar surface area (TPSA) is 47.3 Å². The molecule has 1 unspecified atom stereocenters. The molecule has 106 valence electrons. The Hall–Kier alpha value is -1.06. The second-order valence-electron chi connectivity index (χ2n) is 5.93. The van der Waals surface area contributed by atoms with Crippen LogP contribution in [0.15, 0.2) is 12.1 Å². The molecule has 1 aromatic carbocycles. The fourth-order valence-electron chi connectivity index (χ4n) is 3.41. The zero-order chi connectivity index (χ0) is 14.0. The number of methoxy groups -OCH3 is 1. The zero-order valence-electron chi connectivity index (χ0n) is 12.5. The first-order valence-corrected chi connectivity index (χ1v) is 7.09. The molecule has 1 saturated carbocycles. The lowest BCUT2D eigenvalue weighted by Gasteiger charge is -2.47. The molecular formula is C16H26N2O. The van der Waals surface area contributed by atoms with Gasteiger partial charge >= 0.3 is 0 Å². The average Bonchev–Trinajstić information content (AvgIpc) is 2.32. The van der Waals surface area contributed by atoms with E-state index in [0.29, 0.717) is 0 Å². The lowest BCUT2D eigenvalue weighted by molar-refractivity contribution is 0.0933. The van der Waals surface area contributed by atoms with Gasteiger partial charge < -0.3 is 15.8 Å². The van der Waals surface area contributed by atoms with Gasteiger partial charge in [-0.2, -0.15) is 0 Å². The van der Waals surface area contributed by atoms with Crippen LogP contribution >= 0.6 is 0 Å². The Morgan fingerprint density at radius 3 is 2.53 bits per heavy atom. The monoisotopic (exact) mass is 262 g/mol. The number of nitrogens with two attached hydrogens (primary N) is 1. The summed E-state index contributed by atoms with van der Waals surface area (Å²) in [6, 6.07) is 4.38. The van der Waals surface area contributed by atoms with E-state index in [0.717, 1.165) is 17.9 Å². The van der Waals surface area contributed by atoms with Gasteiger partial charge in [-0.15, -0.1) is 0 Å². The Kier molecular flexibility index (Phi) is 4.16. The Morgan fingerprint density at radius 1 is 1.37 bits per heavy atom. The van der Waals surface area contributed by atoms with Gasteiger partial charge in [0.25, 0.3) is 0 Å². The van der Waals surface area contributed by atoms with Crippen molar-refractivity contribution in [1.82, 2.24) is 5.32 Å². The minimum Gasteiger partial charge on any atom is -0.496 e. The standard InChI is InChI=1S/C16H26N2O/c1-11-8-12(2)14(19-4)13(9-11)15(17)16(10-18-3)6-5-7-16/h8-9,15,18H,5-7,10,17H2,1-4H3. The Bertz CT molecular complexity index is 452. The minimum atomic E-state index is 0.0437. The van der Waals surface area contributed by atoms with E-state index in [1.807, 2.05) is 7.05 Å². The molecule has 0 spiro atoms. The van der Waals surface area contributed by atoms with Gasteiger partial charge in [0.1, 0.15) is 5.75 Å². The summed E-state index contributed by atoms with van der Waals surface area (Å²) in [6.07, 6.45) is 3.68. The summed E-state index contributed by atoms with van der Waals surface area (Å²) in [4.78, 5) is 0. The number of nitrogens with one attached hydrogen (secondary N) is 1. The lowest BCUT2D eigenvalue weighted by atomic mass is 9.62. The molecule has 0 radical (unpaired) electrons. The van der Waals surface area contributed by atoms with Crippen molar-refractivity contribution in [3.8, 4) is 5.75 Å². The molecule has 1 aliphatic rings. The van der Waals surface area contributed by atoms with Crippen LogP contribution in [0.1, 0.15) is 42.0 Å². The van der Waals surface area contributed by atoms with Crippen LogP contribution in [-0.2, 0) is 0 Å². The second-order valence-corrected chi connectivity index (χ2v) is 5.93. The van der Waals surface area contributed by atoms with Gasteiger partial charge in [0.05, 0.1) is 7.11 Å². The third-order valence-corrected chi connectivity index (χ3v) is 4.52. The summed E-state index contributed by atoms with van der Waals surface area (Å²) < 4.78 is 5.59. The molecule has 0 aromatic heterocycles. The molecule has 2 rings (SSSR count). The molecule has 1 aliphatic carbocycles. The SMILES string of the molecule is CNCC1(C(N)c2cc(C)cc(C)c2OC)CCC1. The molecule has 0 heterocycles. The van der Waals surface area contributed by atoms with Crippen molar-refractivity contribution in [3.05, 3.63) is 28.8 Å². The van der Waals surface area contributed by atoms with E-state index in [1.165, 1.54) is 30.4 Å². The van der Waals surface area contributed by atoms with Crippen molar-refractivity contribution in [3.63, 3.8) is 0 Å². The van der Waals surface area contributed by atoms with Crippen molar-refractivity contribution in [1.29, 1.82) is 0 Å². The maximum Gasteiger partial charge on any atom is 0.126 e. The first kappa shape index (κ1) is 14.4. The van der Waals surface area contributed by atoms with Crippen LogP contribution in [0.4, 0.5) is 0 Å². The number of aryl methyl sites for hydroxylation is 2. The third kappa shape index (κ3) is 2.49. The number of rotatable bonds is 5. The van der Waals surface area contributed by atoms with E-state index in [1.54, 1.807) is 7.11 Å². The number of hydrogen-bond acceptors (Lipinski definition) is 3. The highest BCUT2D eigenvalue weighted by Crippen LogP contribution is 2.50. The molecule has 19 heavy (non-hydrogen) atoms. The first-order valence-electron chi connectivity index (χ1n) is 7.09. The van der Waals surface area contributed by atoms with Crippen molar-refractivity contribution < 1.29 is 4.74 Å². The van der Waals surface area contributed by atoms with Gasteiger partial charge in [0.2, 0.25) is 0 Å². The van der Waals surface area contributed by atoms with Crippen molar-refractivity contribution in [2.45, 2.75) is 39.2 Å². The smallest absolute Gasteiger partial charge is 0.126 e. The normalized spacial score (nSPS) is 18.8. The van der Waals surface area contributed by atoms with Crippen molar-refractivity contribution in [2.75, 3.05) is 20.7 Å². The predicted octanol–water partition coefficient (Wildman–Crippen LogP) is 2.70. The molecule has 3 heteroatoms. The summed E-state index contributed by atoms with van der Waals surface area (Å²) in [6.45, 7) is 5.19. The van der Waals surface area contributed by atoms with Crippen LogP contribution in [0, 0.1) is 19.3 Å². The molecule has 0 amide bonds. The molecular weight excluding hydrogens is 236 g/mol. The molecule has 0 aliphatic heterocycles. The summed E-state index contributed by atoms with van der Waals surface area (Å²) >= 11 is 0. The third-order valence-electron chi connectivity index (χ3n) is 4.52. The number of benzene rings is 1. The Balaban J connectivity index is 2.40. The van der Waals surface area contributed by atoms with Gasteiger partial charge in [-0.3, -0.25) is 0 Å². The molecule has 1 atom stereocenters. The molecule has 1 aromatic rings. The Labute approximate surface area is 116 Å². The second kappa shape index (κ2) is 5.51. The maximum atomic E-state index is 6.62. The van der Waals surface area contributed by atoms with E-state index in [-0.39, 0.29) is 11.5 Å². The van der Waals surface area contributed by atoms with Crippen molar-refractivity contribution >= 4 is 0 Å². The molecule has 3 N–H and O–H groups in total. The summed E-state index contributed by atoms with van der Waals surface area (Å²) in [5.74, 6) is 0.959. The zero-order valence-corrected chi connectivity index (χ0v) is 12.5. The first-order chi connectivity index (χ1) is 9.04. The molecule has 0 saturated heterocycles. The van der Waals surface area contributed by atoms with E-state index >= 15 is 0 Å². The van der Waals surface area contributed by atoms with E-state index in [9.17, 15) is 0 Å². The number of ether oxygens (including phenoxy) is 1. The molecule has 0 bridgehead atoms. The van der Waals surface area contributed by atoms with Gasteiger partial charge in [0, 0.05) is 23.6 Å². The van der Waals surface area contributed by atoms with Gasteiger partial charge in [-0.1, -0.05) is 24.1 Å². The maximum absolute atomic E-state index is 6.62. The van der Waals surface area contributed by atoms with Gasteiger partial charge in [-0.05, 0) is 39.3 Å². The van der Waals surface area contributed by atoms with Crippen molar-refractivity contribution in [2.24, 2.45) is 11.1 Å². The van der Waals surface area contributed by atoms with Gasteiger partial charge in [0.15, 0.2) is 0 Å². The van der Waals surface area contributed by atoms with Crippen LogP contribution in [0.3, 0.4) is 0 Å². The quantitative estimate of drug-likeness (QED) is 0.857.